The Bertz CT molecular complexity index is 525. The van der Waals surface area contributed by atoms with E-state index in [4.69, 9.17) is 0 Å². The van der Waals surface area contributed by atoms with Crippen LogP contribution in [0.25, 0.3) is 0 Å². The van der Waals surface area contributed by atoms with Gasteiger partial charge in [-0.3, -0.25) is 4.79 Å². The number of carboxylic acids is 1. The van der Waals surface area contributed by atoms with E-state index in [9.17, 15) is 14.7 Å². The average Bonchev–Trinajstić information content (AvgIpc) is 2.94. The summed E-state index contributed by atoms with van der Waals surface area (Å²) in [5, 5.41) is 11.4. The Morgan fingerprint density at radius 1 is 1.25 bits per heavy atom. The van der Waals surface area contributed by atoms with Crippen LogP contribution >= 0.6 is 11.3 Å². The molecule has 108 valence electrons. The van der Waals surface area contributed by atoms with Crippen molar-refractivity contribution < 1.29 is 14.7 Å². The molecule has 0 aromatic carbocycles. The van der Waals surface area contributed by atoms with E-state index in [0.29, 0.717) is 13.0 Å². The molecule has 0 bridgehead atoms. The molecule has 0 spiro atoms. The van der Waals surface area contributed by atoms with E-state index in [0.717, 1.165) is 37.7 Å². The fraction of sp³-hybridized carbons (Fsp3) is 0.600. The Balaban J connectivity index is 1.84. The molecule has 3 rings (SSSR count). The number of carbonyl (C=O) groups excluding carboxylic acids is 1. The van der Waals surface area contributed by atoms with E-state index in [1.807, 2.05) is 11.4 Å². The highest BCUT2D eigenvalue weighted by atomic mass is 32.1. The number of nitrogens with zero attached hydrogens (tertiary/aromatic N) is 1. The number of hydrogen-bond acceptors (Lipinski definition) is 3. The molecule has 1 amide bonds. The first-order valence-electron chi connectivity index (χ1n) is 7.28. The first kappa shape index (κ1) is 13.6. The third-order valence-electron chi connectivity index (χ3n) is 4.42. The zero-order valence-corrected chi connectivity index (χ0v) is 12.2. The van der Waals surface area contributed by atoms with Crippen molar-refractivity contribution in [2.45, 2.75) is 50.5 Å². The van der Waals surface area contributed by atoms with E-state index in [2.05, 4.69) is 0 Å². The van der Waals surface area contributed by atoms with Crippen molar-refractivity contribution in [3.05, 3.63) is 21.9 Å². The second kappa shape index (κ2) is 5.56. The molecule has 0 saturated carbocycles. The number of aliphatic carboxylic acids is 1. The van der Waals surface area contributed by atoms with Crippen LogP contribution in [0.1, 0.15) is 48.5 Å². The van der Waals surface area contributed by atoms with Gasteiger partial charge in [0.2, 0.25) is 5.91 Å². The van der Waals surface area contributed by atoms with E-state index in [1.54, 1.807) is 16.2 Å². The van der Waals surface area contributed by atoms with Gasteiger partial charge in [0.25, 0.3) is 0 Å². The molecule has 1 aliphatic heterocycles. The number of fused-ring (bicyclic) bond motifs is 1. The minimum Gasteiger partial charge on any atom is -0.480 e. The second-order valence-electron chi connectivity index (χ2n) is 5.63. The minimum absolute atomic E-state index is 0.0245. The number of hydrogen-bond donors (Lipinski definition) is 1. The summed E-state index contributed by atoms with van der Waals surface area (Å²) in [6.45, 7) is 0.589. The Morgan fingerprint density at radius 3 is 2.90 bits per heavy atom. The second-order valence-corrected chi connectivity index (χ2v) is 6.63. The molecule has 2 heterocycles. The molecule has 0 radical (unpaired) electrons. The molecule has 4 nitrogen and oxygen atoms in total. The highest BCUT2D eigenvalue weighted by Crippen LogP contribution is 2.37. The lowest BCUT2D eigenvalue weighted by atomic mass is 9.85. The number of aryl methyl sites for hydroxylation is 1. The molecule has 1 aromatic rings. The van der Waals surface area contributed by atoms with Crippen LogP contribution in [0.5, 0.6) is 0 Å². The molecule has 1 saturated heterocycles. The third kappa shape index (κ3) is 2.35. The van der Waals surface area contributed by atoms with Crippen LogP contribution in [-0.2, 0) is 16.0 Å². The van der Waals surface area contributed by atoms with Gasteiger partial charge in [0.15, 0.2) is 0 Å². The van der Waals surface area contributed by atoms with Gasteiger partial charge in [0.1, 0.15) is 6.04 Å². The molecular formula is C15H19NO3S. The van der Waals surface area contributed by atoms with Crippen LogP contribution in [0.4, 0.5) is 0 Å². The largest absolute Gasteiger partial charge is 0.480 e. The van der Waals surface area contributed by atoms with Gasteiger partial charge in [-0.1, -0.05) is 0 Å². The number of carboxylic acid groups (broad SMARTS) is 1. The molecule has 0 unspecified atom stereocenters. The van der Waals surface area contributed by atoms with Crippen LogP contribution in [0.15, 0.2) is 11.4 Å². The van der Waals surface area contributed by atoms with Crippen molar-refractivity contribution in [3.8, 4) is 0 Å². The summed E-state index contributed by atoms with van der Waals surface area (Å²) in [6.07, 6.45) is 5.33. The van der Waals surface area contributed by atoms with Gasteiger partial charge in [-0.05, 0) is 55.5 Å². The summed E-state index contributed by atoms with van der Waals surface area (Å²) in [5.41, 5.74) is 1.14. The smallest absolute Gasteiger partial charge is 0.326 e. The summed E-state index contributed by atoms with van der Waals surface area (Å²) in [5.74, 6) is -0.958. The van der Waals surface area contributed by atoms with Gasteiger partial charge in [0, 0.05) is 11.4 Å². The van der Waals surface area contributed by atoms with Crippen LogP contribution in [-0.4, -0.2) is 34.5 Å². The number of thiophene rings is 1. The molecule has 2 aliphatic rings. The fourth-order valence-corrected chi connectivity index (χ4v) is 4.38. The van der Waals surface area contributed by atoms with Gasteiger partial charge in [-0.2, -0.15) is 0 Å². The van der Waals surface area contributed by atoms with Crippen molar-refractivity contribution in [3.63, 3.8) is 0 Å². The lowest BCUT2D eigenvalue weighted by molar-refractivity contribution is -0.152. The van der Waals surface area contributed by atoms with Gasteiger partial charge in [0.05, 0.1) is 5.92 Å². The van der Waals surface area contributed by atoms with Crippen LogP contribution in [0.2, 0.25) is 0 Å². The zero-order chi connectivity index (χ0) is 14.1. The molecule has 2 atom stereocenters. The van der Waals surface area contributed by atoms with Crippen molar-refractivity contribution >= 4 is 23.2 Å². The molecule has 1 aliphatic carbocycles. The van der Waals surface area contributed by atoms with Gasteiger partial charge >= 0.3 is 5.97 Å². The van der Waals surface area contributed by atoms with Crippen molar-refractivity contribution in [2.75, 3.05) is 6.54 Å². The normalized spacial score (nSPS) is 26.1. The first-order chi connectivity index (χ1) is 9.68. The Morgan fingerprint density at radius 2 is 2.10 bits per heavy atom. The topological polar surface area (TPSA) is 57.6 Å². The summed E-state index contributed by atoms with van der Waals surface area (Å²) < 4.78 is 0. The quantitative estimate of drug-likeness (QED) is 0.912. The van der Waals surface area contributed by atoms with Crippen LogP contribution < -0.4 is 0 Å². The predicted octanol–water partition coefficient (Wildman–Crippen LogP) is 2.63. The number of piperidine rings is 1. The Hall–Kier alpha value is -1.36. The zero-order valence-electron chi connectivity index (χ0n) is 11.4. The molecule has 1 aromatic heterocycles. The summed E-state index contributed by atoms with van der Waals surface area (Å²) in [7, 11) is 0. The molecule has 1 N–H and O–H groups in total. The minimum atomic E-state index is -0.862. The molecule has 1 fully saturated rings. The van der Waals surface area contributed by atoms with Crippen molar-refractivity contribution in [2.24, 2.45) is 0 Å². The standard InChI is InChI=1S/C15H19NO3S/c17-14(16-8-2-1-5-12(16)15(18)19)11-4-3-6-13-10(11)7-9-20-13/h7,9,11-12H,1-6,8H2,(H,18,19)/t11-,12+/m0/s1. The van der Waals surface area contributed by atoms with Gasteiger partial charge < -0.3 is 10.0 Å². The first-order valence-corrected chi connectivity index (χ1v) is 8.16. The monoisotopic (exact) mass is 293 g/mol. The maximum absolute atomic E-state index is 12.8. The lowest BCUT2D eigenvalue weighted by Gasteiger charge is -2.36. The predicted molar refractivity (Wildman–Crippen MR) is 77.0 cm³/mol. The van der Waals surface area contributed by atoms with Crippen molar-refractivity contribution in [1.82, 2.24) is 4.90 Å². The van der Waals surface area contributed by atoms with Gasteiger partial charge in [-0.25, -0.2) is 4.79 Å². The van der Waals surface area contributed by atoms with Crippen molar-refractivity contribution in [1.29, 1.82) is 0 Å². The van der Waals surface area contributed by atoms with Gasteiger partial charge in [-0.15, -0.1) is 11.3 Å². The summed E-state index contributed by atoms with van der Waals surface area (Å²) in [6, 6.07) is 1.42. The van der Waals surface area contributed by atoms with Crippen LogP contribution in [0.3, 0.4) is 0 Å². The molecule has 20 heavy (non-hydrogen) atoms. The lowest BCUT2D eigenvalue weighted by Crippen LogP contribution is -2.49. The third-order valence-corrected chi connectivity index (χ3v) is 5.42. The summed E-state index contributed by atoms with van der Waals surface area (Å²) >= 11 is 1.71. The average molecular weight is 293 g/mol. The highest BCUT2D eigenvalue weighted by molar-refractivity contribution is 7.10. The van der Waals surface area contributed by atoms with E-state index in [1.165, 1.54) is 4.88 Å². The molecular weight excluding hydrogens is 274 g/mol. The number of carbonyl (C=O) groups is 2. The Labute approximate surface area is 122 Å². The summed E-state index contributed by atoms with van der Waals surface area (Å²) in [4.78, 5) is 27.1. The number of amides is 1. The molecule has 5 heteroatoms. The maximum Gasteiger partial charge on any atom is 0.326 e. The SMILES string of the molecule is O=C(O)[C@H]1CCCCN1C(=O)[C@H]1CCCc2sccc21. The van der Waals surface area contributed by atoms with E-state index < -0.39 is 12.0 Å². The number of likely N-dealkylation sites (tertiary alicyclic amines) is 1. The fourth-order valence-electron chi connectivity index (χ4n) is 3.40. The highest BCUT2D eigenvalue weighted by Gasteiger charge is 2.37. The van der Waals surface area contributed by atoms with Crippen LogP contribution in [0, 0.1) is 0 Å². The Kier molecular flexibility index (Phi) is 3.78. The van der Waals surface area contributed by atoms with E-state index in [-0.39, 0.29) is 11.8 Å². The van der Waals surface area contributed by atoms with E-state index >= 15 is 0 Å². The number of rotatable bonds is 2. The maximum atomic E-state index is 12.8.